The molecule has 14 heteroatoms. The average Bonchev–Trinajstić information content (AvgIpc) is 3.91. The molecule has 0 unspecified atom stereocenters. The Labute approximate surface area is 341 Å². The zero-order valence-electron chi connectivity index (χ0n) is 31.6. The van der Waals surface area contributed by atoms with Crippen molar-refractivity contribution in [1.82, 2.24) is 29.7 Å². The van der Waals surface area contributed by atoms with Crippen molar-refractivity contribution in [2.75, 3.05) is 20.2 Å². The van der Waals surface area contributed by atoms with Crippen LogP contribution in [0.3, 0.4) is 0 Å². The molecule has 2 fully saturated rings. The lowest BCUT2D eigenvalue weighted by molar-refractivity contribution is -0.138. The number of rotatable bonds is 8. The lowest BCUT2D eigenvalue weighted by atomic mass is 9.96. The first-order valence-corrected chi connectivity index (χ1v) is 17.4. The highest BCUT2D eigenvalue weighted by atomic mass is 32.1. The van der Waals surface area contributed by atoms with E-state index in [-0.39, 0.29) is 95.6 Å². The third-order valence-corrected chi connectivity index (χ3v) is 10.3. The fraction of sp³-hybridized carbons (Fsp3) is 0.462. The molecule has 4 heterocycles. The average molecular weight is 798 g/mol. The van der Waals surface area contributed by atoms with E-state index in [4.69, 9.17) is 9.82 Å². The second kappa shape index (κ2) is 19.7. The van der Waals surface area contributed by atoms with E-state index in [1.54, 1.807) is 0 Å². The molecule has 0 spiro atoms. The van der Waals surface area contributed by atoms with Crippen molar-refractivity contribution in [1.29, 1.82) is 0 Å². The Morgan fingerprint density at radius 3 is 2.09 bits per heavy atom. The molecule has 4 atom stereocenters. The summed E-state index contributed by atoms with van der Waals surface area (Å²) in [6, 6.07) is 13.8. The first-order valence-electron chi connectivity index (χ1n) is 17.4. The smallest absolute Gasteiger partial charge is 0.226 e. The van der Waals surface area contributed by atoms with Crippen molar-refractivity contribution >= 4 is 82.5 Å². The van der Waals surface area contributed by atoms with Crippen LogP contribution in [0, 0.1) is 35.5 Å². The number of amides is 2. The molecule has 2 aliphatic heterocycles. The van der Waals surface area contributed by atoms with E-state index in [0.29, 0.717) is 18.9 Å². The maximum Gasteiger partial charge on any atom is 0.226 e. The maximum absolute atomic E-state index is 13.4. The highest BCUT2D eigenvalue weighted by molar-refractivity contribution is 7.59. The minimum atomic E-state index is -0.234. The van der Waals surface area contributed by atoms with Gasteiger partial charge >= 0.3 is 0 Å². The van der Waals surface area contributed by atoms with Gasteiger partial charge in [0.1, 0.15) is 18.8 Å². The number of oxime groups is 1. The molecule has 2 aromatic heterocycles. The van der Waals surface area contributed by atoms with Gasteiger partial charge in [-0.3, -0.25) is 9.59 Å². The van der Waals surface area contributed by atoms with Gasteiger partial charge in [-0.05, 0) is 60.6 Å². The van der Waals surface area contributed by atoms with Gasteiger partial charge in [-0.2, -0.15) is 54.0 Å². The Balaban J connectivity index is 0.00000243. The van der Waals surface area contributed by atoms with Crippen molar-refractivity contribution in [2.45, 2.75) is 72.9 Å². The summed E-state index contributed by atoms with van der Waals surface area (Å²) in [5.41, 5.74) is 6.22. The number of nitrogens with zero attached hydrogens (tertiary/aromatic N) is 5. The number of carbonyl (C=O) groups is 2. The molecule has 53 heavy (non-hydrogen) atoms. The predicted molar refractivity (Wildman–Crippen MR) is 233 cm³/mol. The normalized spacial score (nSPS) is 18.4. The quantitative estimate of drug-likeness (QED) is 0.143. The second-order valence-corrected chi connectivity index (χ2v) is 14.1. The third kappa shape index (κ3) is 9.98. The molecule has 0 radical (unpaired) electrons. The summed E-state index contributed by atoms with van der Waals surface area (Å²) >= 11 is 0. The zero-order chi connectivity index (χ0) is 34.8. The van der Waals surface area contributed by atoms with E-state index in [0.717, 1.165) is 70.2 Å². The molecule has 2 aliphatic rings. The lowest BCUT2D eigenvalue weighted by Gasteiger charge is -2.27. The standard InChI is InChI=1S/C39H47N7O3.4H2S/c1-23(2)25(5)38(47)45-18-8-9-34(45)36-40-21-33(43-36)29-15-12-27(13-16-29)10-11-28-14-17-31-32(19-28)42-37(41-31)35-20-30(44-49-7)22-46(35)39(48)26(6)24(3)4;;;;/h12-17,19,21,23-26,34-35H,8-9,18,20,22H2,1-7H3,(H,40,43)(H,41,42);4*1H2/t25-,26-,34-,35-;;;;/m0..../s1. The summed E-state index contributed by atoms with van der Waals surface area (Å²) < 4.78 is 0. The summed E-state index contributed by atoms with van der Waals surface area (Å²) in [6.45, 7) is 13.5. The van der Waals surface area contributed by atoms with Crippen LogP contribution in [0.4, 0.5) is 0 Å². The van der Waals surface area contributed by atoms with E-state index < -0.39 is 0 Å². The summed E-state index contributed by atoms with van der Waals surface area (Å²) in [6.07, 6.45) is 4.34. The summed E-state index contributed by atoms with van der Waals surface area (Å²) in [5, 5.41) is 4.16. The van der Waals surface area contributed by atoms with Gasteiger partial charge in [0, 0.05) is 35.9 Å². The SMILES string of the molecule is CON=C1C[C@@H](c2nc3ccc(C#Cc4ccc(-c5cnc([C@@H]6CCCN6C(=O)[C@@H](C)C(C)C)[nH]5)cc4)cc3[nH]2)N(C(=O)[C@@H](C)C(C)C)C1.S.S.S.S. The number of aromatic amines is 2. The number of benzene rings is 2. The van der Waals surface area contributed by atoms with E-state index in [1.165, 1.54) is 7.11 Å². The number of likely N-dealkylation sites (tertiary alicyclic amines) is 2. The van der Waals surface area contributed by atoms with Crippen LogP contribution < -0.4 is 0 Å². The second-order valence-electron chi connectivity index (χ2n) is 14.1. The first kappa shape index (κ1) is 45.6. The van der Waals surface area contributed by atoms with Gasteiger partial charge in [-0.25, -0.2) is 9.97 Å². The Morgan fingerprint density at radius 2 is 1.45 bits per heavy atom. The van der Waals surface area contributed by atoms with Crippen LogP contribution in [-0.4, -0.2) is 67.5 Å². The fourth-order valence-corrected chi connectivity index (χ4v) is 6.58. The Bertz CT molecular complexity index is 1930. The minimum absolute atomic E-state index is 0. The number of fused-ring (bicyclic) bond motifs is 1. The van der Waals surface area contributed by atoms with Gasteiger partial charge in [0.25, 0.3) is 0 Å². The number of hydrogen-bond acceptors (Lipinski definition) is 6. The molecular weight excluding hydrogens is 743 g/mol. The maximum atomic E-state index is 13.4. The molecule has 2 saturated heterocycles. The molecular formula is C39H55N7O3S4. The number of hydrogen-bond donors (Lipinski definition) is 2. The van der Waals surface area contributed by atoms with Crippen LogP contribution >= 0.6 is 54.0 Å². The van der Waals surface area contributed by atoms with E-state index >= 15 is 0 Å². The lowest BCUT2D eigenvalue weighted by Crippen LogP contribution is -2.37. The molecule has 4 aromatic rings. The molecule has 6 rings (SSSR count). The Hall–Kier alpha value is -3.51. The number of imidazole rings is 2. The first-order chi connectivity index (χ1) is 23.5. The van der Waals surface area contributed by atoms with Crippen molar-refractivity contribution in [3.63, 3.8) is 0 Å². The number of nitrogens with one attached hydrogen (secondary N) is 2. The fourth-order valence-electron chi connectivity index (χ4n) is 6.58. The summed E-state index contributed by atoms with van der Waals surface area (Å²) in [5.74, 6) is 8.87. The van der Waals surface area contributed by atoms with Gasteiger partial charge in [0.15, 0.2) is 0 Å². The van der Waals surface area contributed by atoms with Crippen LogP contribution in [-0.2, 0) is 14.4 Å². The van der Waals surface area contributed by atoms with Gasteiger partial charge in [-0.1, -0.05) is 70.7 Å². The Morgan fingerprint density at radius 1 is 0.830 bits per heavy atom. The topological polar surface area (TPSA) is 120 Å². The van der Waals surface area contributed by atoms with Crippen LogP contribution in [0.1, 0.15) is 95.7 Å². The predicted octanol–water partition coefficient (Wildman–Crippen LogP) is 7.33. The van der Waals surface area contributed by atoms with Crippen molar-refractivity contribution < 1.29 is 14.4 Å². The zero-order valence-corrected chi connectivity index (χ0v) is 35.6. The highest BCUT2D eigenvalue weighted by Crippen LogP contribution is 2.35. The van der Waals surface area contributed by atoms with Crippen LogP contribution in [0.15, 0.2) is 53.8 Å². The molecule has 0 aliphatic carbocycles. The molecule has 288 valence electrons. The Kier molecular flexibility index (Phi) is 17.0. The van der Waals surface area contributed by atoms with Gasteiger partial charge < -0.3 is 24.6 Å². The minimum Gasteiger partial charge on any atom is -0.399 e. The molecule has 0 bridgehead atoms. The molecule has 2 amide bonds. The van der Waals surface area contributed by atoms with E-state index in [1.807, 2.05) is 72.3 Å². The van der Waals surface area contributed by atoms with Crippen molar-refractivity contribution in [3.8, 4) is 23.1 Å². The number of H-pyrrole nitrogens is 2. The number of carbonyl (C=O) groups excluding carboxylic acids is 2. The van der Waals surface area contributed by atoms with E-state index in [2.05, 4.69) is 59.6 Å². The van der Waals surface area contributed by atoms with Gasteiger partial charge in [-0.15, -0.1) is 0 Å². The third-order valence-electron chi connectivity index (χ3n) is 10.3. The van der Waals surface area contributed by atoms with Crippen LogP contribution in [0.5, 0.6) is 0 Å². The number of aromatic nitrogens is 4. The van der Waals surface area contributed by atoms with Crippen molar-refractivity contribution in [2.24, 2.45) is 28.8 Å². The largest absolute Gasteiger partial charge is 0.399 e. The van der Waals surface area contributed by atoms with Crippen LogP contribution in [0.2, 0.25) is 0 Å². The summed E-state index contributed by atoms with van der Waals surface area (Å²) in [7, 11) is 1.53. The molecule has 10 nitrogen and oxygen atoms in total. The van der Waals surface area contributed by atoms with Crippen molar-refractivity contribution in [3.05, 3.63) is 71.4 Å². The van der Waals surface area contributed by atoms with Gasteiger partial charge in [0.05, 0.1) is 47.3 Å². The van der Waals surface area contributed by atoms with E-state index in [9.17, 15) is 9.59 Å². The molecule has 2 N–H and O–H groups in total. The monoisotopic (exact) mass is 797 g/mol. The molecule has 2 aromatic carbocycles. The van der Waals surface area contributed by atoms with Crippen LogP contribution in [0.25, 0.3) is 22.3 Å². The molecule has 0 saturated carbocycles. The summed E-state index contributed by atoms with van der Waals surface area (Å²) in [4.78, 5) is 51.9. The highest BCUT2D eigenvalue weighted by Gasteiger charge is 2.39. The van der Waals surface area contributed by atoms with Gasteiger partial charge in [0.2, 0.25) is 11.8 Å².